The Morgan fingerprint density at radius 3 is 1.48 bits per heavy atom. The lowest BCUT2D eigenvalue weighted by molar-refractivity contribution is 0.414. The molecule has 0 fully saturated rings. The van der Waals surface area contributed by atoms with Crippen molar-refractivity contribution in [1.82, 2.24) is 0 Å². The highest BCUT2D eigenvalue weighted by atomic mass is 32.2. The second kappa shape index (κ2) is 8.48. The lowest BCUT2D eigenvalue weighted by atomic mass is 10.2. The van der Waals surface area contributed by atoms with Crippen LogP contribution in [0.4, 0.5) is 22.7 Å². The van der Waals surface area contributed by atoms with Crippen LogP contribution in [0.15, 0.2) is 102 Å². The van der Waals surface area contributed by atoms with Crippen LogP contribution in [-0.4, -0.2) is 14.2 Å². The quantitative estimate of drug-likeness (QED) is 0.259. The predicted molar refractivity (Wildman–Crippen MR) is 138 cm³/mol. The average Bonchev–Trinajstić information content (AvgIpc) is 2.85. The minimum Gasteiger partial charge on any atom is -0.497 e. The molecule has 164 valence electrons. The zero-order chi connectivity index (χ0) is 22.4. The van der Waals surface area contributed by atoms with Gasteiger partial charge in [0, 0.05) is 41.5 Å². The van der Waals surface area contributed by atoms with Crippen molar-refractivity contribution in [2.75, 3.05) is 24.9 Å². The summed E-state index contributed by atoms with van der Waals surface area (Å²) in [6.45, 7) is 0. The standard InChI is InChI=1S/C26H20N2O2S3/c1-29-15-3-9-23-21(11-15)27-19-7-5-17(13-25(19)32-23)31-18-6-8-20-26(14-18)33-24-10-4-16(30-2)12-22(24)28-20/h3-14,27-28H,1-2H3. The molecule has 4 aromatic rings. The number of ether oxygens (including phenoxy) is 2. The van der Waals surface area contributed by atoms with E-state index in [2.05, 4.69) is 59.2 Å². The maximum atomic E-state index is 5.36. The van der Waals surface area contributed by atoms with E-state index >= 15 is 0 Å². The molecule has 2 heterocycles. The Kier molecular flexibility index (Phi) is 5.32. The molecule has 4 nitrogen and oxygen atoms in total. The molecule has 0 bridgehead atoms. The fourth-order valence-corrected chi connectivity index (χ4v) is 6.88. The van der Waals surface area contributed by atoms with Gasteiger partial charge in [-0.1, -0.05) is 35.3 Å². The highest BCUT2D eigenvalue weighted by Gasteiger charge is 2.19. The summed E-state index contributed by atoms with van der Waals surface area (Å²) < 4.78 is 10.7. The number of fused-ring (bicyclic) bond motifs is 4. The highest BCUT2D eigenvalue weighted by molar-refractivity contribution is 8.00. The monoisotopic (exact) mass is 488 g/mol. The van der Waals surface area contributed by atoms with E-state index in [4.69, 9.17) is 9.47 Å². The van der Waals surface area contributed by atoms with Gasteiger partial charge in [0.25, 0.3) is 0 Å². The van der Waals surface area contributed by atoms with Gasteiger partial charge in [-0.25, -0.2) is 0 Å². The van der Waals surface area contributed by atoms with Crippen LogP contribution in [0.3, 0.4) is 0 Å². The summed E-state index contributed by atoms with van der Waals surface area (Å²) in [4.78, 5) is 7.32. The van der Waals surface area contributed by atoms with Gasteiger partial charge in [0.15, 0.2) is 0 Å². The summed E-state index contributed by atoms with van der Waals surface area (Å²) >= 11 is 5.36. The molecular weight excluding hydrogens is 468 g/mol. The first-order valence-corrected chi connectivity index (χ1v) is 12.9. The van der Waals surface area contributed by atoms with Crippen molar-refractivity contribution in [3.63, 3.8) is 0 Å². The van der Waals surface area contributed by atoms with Gasteiger partial charge in [-0.05, 0) is 60.7 Å². The zero-order valence-electron chi connectivity index (χ0n) is 18.0. The number of benzene rings is 4. The van der Waals surface area contributed by atoms with Crippen molar-refractivity contribution < 1.29 is 9.47 Å². The molecule has 0 amide bonds. The minimum absolute atomic E-state index is 0.860. The molecule has 2 N–H and O–H groups in total. The van der Waals surface area contributed by atoms with Crippen LogP contribution in [0, 0.1) is 0 Å². The molecule has 0 spiro atoms. The maximum absolute atomic E-state index is 5.36. The summed E-state index contributed by atoms with van der Waals surface area (Å²) in [5.41, 5.74) is 4.43. The van der Waals surface area contributed by atoms with Gasteiger partial charge in [-0.3, -0.25) is 0 Å². The summed E-state index contributed by atoms with van der Waals surface area (Å²) in [6, 6.07) is 25.5. The fraction of sp³-hybridized carbons (Fsp3) is 0.0769. The van der Waals surface area contributed by atoms with E-state index in [0.717, 1.165) is 34.2 Å². The Bertz CT molecular complexity index is 1290. The lowest BCUT2D eigenvalue weighted by Gasteiger charge is -2.22. The van der Waals surface area contributed by atoms with E-state index in [0.29, 0.717) is 0 Å². The number of hydrogen-bond donors (Lipinski definition) is 2. The van der Waals surface area contributed by atoms with Crippen LogP contribution in [-0.2, 0) is 0 Å². The van der Waals surface area contributed by atoms with Gasteiger partial charge < -0.3 is 20.1 Å². The molecule has 6 rings (SSSR count). The van der Waals surface area contributed by atoms with Gasteiger partial charge in [-0.15, -0.1) is 0 Å². The normalized spacial score (nSPS) is 12.9. The third kappa shape index (κ3) is 4.01. The van der Waals surface area contributed by atoms with E-state index in [-0.39, 0.29) is 0 Å². The number of rotatable bonds is 4. The summed E-state index contributed by atoms with van der Waals surface area (Å²) in [7, 11) is 3.39. The Hall–Kier alpha value is -2.87. The Labute approximate surface area is 205 Å². The first kappa shape index (κ1) is 20.7. The van der Waals surface area contributed by atoms with Crippen molar-refractivity contribution in [3.8, 4) is 11.5 Å². The third-order valence-electron chi connectivity index (χ3n) is 5.49. The molecule has 0 aromatic heterocycles. The molecule has 2 aliphatic heterocycles. The van der Waals surface area contributed by atoms with Crippen LogP contribution in [0.2, 0.25) is 0 Å². The highest BCUT2D eigenvalue weighted by Crippen LogP contribution is 2.49. The SMILES string of the molecule is COc1ccc2c(c1)Nc1ccc(Sc3ccc4c(c3)Sc3ccc(OC)cc3N4)cc1S2. The first-order chi connectivity index (χ1) is 16.2. The van der Waals surface area contributed by atoms with Crippen LogP contribution in [0.5, 0.6) is 11.5 Å². The van der Waals surface area contributed by atoms with Gasteiger partial charge in [0.2, 0.25) is 0 Å². The van der Waals surface area contributed by atoms with E-state index in [1.165, 1.54) is 29.4 Å². The van der Waals surface area contributed by atoms with Crippen LogP contribution >= 0.6 is 35.3 Å². The van der Waals surface area contributed by atoms with Gasteiger partial charge in [-0.2, -0.15) is 0 Å². The molecule has 0 atom stereocenters. The molecule has 0 unspecified atom stereocenters. The number of nitrogens with one attached hydrogen (secondary N) is 2. The van der Waals surface area contributed by atoms with E-state index in [9.17, 15) is 0 Å². The average molecular weight is 489 g/mol. The van der Waals surface area contributed by atoms with E-state index < -0.39 is 0 Å². The number of anilines is 4. The topological polar surface area (TPSA) is 42.5 Å². The fourth-order valence-electron chi connectivity index (χ4n) is 3.82. The lowest BCUT2D eigenvalue weighted by Crippen LogP contribution is -2.00. The molecule has 33 heavy (non-hydrogen) atoms. The summed E-state index contributed by atoms with van der Waals surface area (Å²) in [5.74, 6) is 1.72. The summed E-state index contributed by atoms with van der Waals surface area (Å²) in [5, 5.41) is 7.07. The van der Waals surface area contributed by atoms with Gasteiger partial charge in [0.05, 0.1) is 37.0 Å². The van der Waals surface area contributed by atoms with Crippen LogP contribution < -0.4 is 20.1 Å². The molecule has 2 aliphatic rings. The van der Waals surface area contributed by atoms with Gasteiger partial charge >= 0.3 is 0 Å². The van der Waals surface area contributed by atoms with Crippen molar-refractivity contribution in [3.05, 3.63) is 72.8 Å². The second-order valence-electron chi connectivity index (χ2n) is 7.60. The smallest absolute Gasteiger partial charge is 0.121 e. The molecule has 0 aliphatic carbocycles. The van der Waals surface area contributed by atoms with E-state index in [1.54, 1.807) is 49.5 Å². The molecule has 7 heteroatoms. The molecule has 0 radical (unpaired) electrons. The van der Waals surface area contributed by atoms with Gasteiger partial charge in [0.1, 0.15) is 11.5 Å². The van der Waals surface area contributed by atoms with Crippen LogP contribution in [0.25, 0.3) is 0 Å². The molecule has 0 saturated carbocycles. The van der Waals surface area contributed by atoms with Crippen molar-refractivity contribution in [2.24, 2.45) is 0 Å². The minimum atomic E-state index is 0.860. The summed E-state index contributed by atoms with van der Waals surface area (Å²) in [6.07, 6.45) is 0. The largest absolute Gasteiger partial charge is 0.497 e. The Balaban J connectivity index is 1.22. The first-order valence-electron chi connectivity index (χ1n) is 10.4. The Morgan fingerprint density at radius 1 is 0.545 bits per heavy atom. The number of methoxy groups -OCH3 is 2. The molecule has 4 aromatic carbocycles. The molecule has 0 saturated heterocycles. The third-order valence-corrected chi connectivity index (χ3v) is 8.74. The maximum Gasteiger partial charge on any atom is 0.121 e. The van der Waals surface area contributed by atoms with Crippen LogP contribution in [0.1, 0.15) is 0 Å². The Morgan fingerprint density at radius 2 is 1.03 bits per heavy atom. The molecular formula is C26H20N2O2S3. The zero-order valence-corrected chi connectivity index (χ0v) is 20.4. The second-order valence-corrected chi connectivity index (χ2v) is 10.9. The number of hydrogen-bond acceptors (Lipinski definition) is 7. The predicted octanol–water partition coefficient (Wildman–Crippen LogP) is 8.27. The van der Waals surface area contributed by atoms with Crippen molar-refractivity contribution in [1.29, 1.82) is 0 Å². The van der Waals surface area contributed by atoms with Crippen molar-refractivity contribution >= 4 is 58.0 Å². The van der Waals surface area contributed by atoms with Crippen molar-refractivity contribution in [2.45, 2.75) is 29.4 Å². The van der Waals surface area contributed by atoms with E-state index in [1.807, 2.05) is 24.3 Å².